The van der Waals surface area contributed by atoms with Crippen molar-refractivity contribution in [2.75, 3.05) is 6.54 Å². The van der Waals surface area contributed by atoms with Gasteiger partial charge in [-0.25, -0.2) is 4.98 Å². The zero-order chi connectivity index (χ0) is 12.5. The Morgan fingerprint density at radius 3 is 3.00 bits per heavy atom. The molecule has 0 spiro atoms. The number of hydrogen-bond donors (Lipinski definition) is 2. The van der Waals surface area contributed by atoms with Crippen LogP contribution in [0, 0.1) is 5.92 Å². The van der Waals surface area contributed by atoms with Crippen LogP contribution in [0.2, 0.25) is 0 Å². The lowest BCUT2D eigenvalue weighted by Crippen LogP contribution is -2.21. The molecule has 0 radical (unpaired) electrons. The lowest BCUT2D eigenvalue weighted by molar-refractivity contribution is 0.412. The van der Waals surface area contributed by atoms with Gasteiger partial charge < -0.3 is 15.3 Å². The Balaban J connectivity index is 1.97. The van der Waals surface area contributed by atoms with Crippen molar-refractivity contribution in [2.24, 2.45) is 11.7 Å². The average molecular weight is 244 g/mol. The number of phenols is 1. The molecule has 94 valence electrons. The first-order valence-electron chi connectivity index (χ1n) is 6.25. The van der Waals surface area contributed by atoms with Crippen LogP contribution < -0.4 is 5.73 Å². The zero-order valence-corrected chi connectivity index (χ0v) is 10.1. The molecule has 0 amide bonds. The lowest BCUT2D eigenvalue weighted by atomic mass is 9.90. The fraction of sp³-hybridized carbons (Fsp3) is 0.357. The third-order valence-electron chi connectivity index (χ3n) is 3.51. The third kappa shape index (κ3) is 1.88. The van der Waals surface area contributed by atoms with Gasteiger partial charge in [-0.3, -0.25) is 0 Å². The van der Waals surface area contributed by atoms with Crippen molar-refractivity contribution in [1.82, 2.24) is 4.98 Å². The summed E-state index contributed by atoms with van der Waals surface area (Å²) in [4.78, 5) is 4.50. The van der Waals surface area contributed by atoms with Gasteiger partial charge in [-0.1, -0.05) is 12.1 Å². The summed E-state index contributed by atoms with van der Waals surface area (Å²) in [5.74, 6) is 2.15. The Morgan fingerprint density at radius 1 is 1.39 bits per heavy atom. The fourth-order valence-electron chi connectivity index (χ4n) is 2.42. The van der Waals surface area contributed by atoms with Crippen molar-refractivity contribution in [3.8, 4) is 17.2 Å². The topological polar surface area (TPSA) is 72.3 Å². The van der Waals surface area contributed by atoms with E-state index >= 15 is 0 Å². The standard InChI is InChI=1S/C14H16N2O2/c15-8-9-5-6-13-11(7-9)16-14(18-13)10-3-1-2-4-12(10)17/h1-4,9,17H,5-8,15H2. The molecular formula is C14H16N2O2. The van der Waals surface area contributed by atoms with Crippen molar-refractivity contribution >= 4 is 0 Å². The summed E-state index contributed by atoms with van der Waals surface area (Å²) >= 11 is 0. The molecule has 1 heterocycles. The van der Waals surface area contributed by atoms with E-state index in [2.05, 4.69) is 4.98 Å². The first-order chi connectivity index (χ1) is 8.78. The molecule has 3 N–H and O–H groups in total. The largest absolute Gasteiger partial charge is 0.507 e. The normalized spacial score (nSPS) is 18.6. The van der Waals surface area contributed by atoms with Crippen molar-refractivity contribution in [3.63, 3.8) is 0 Å². The number of aromatic hydroxyl groups is 1. The number of benzene rings is 1. The van der Waals surface area contributed by atoms with Crippen LogP contribution in [0.15, 0.2) is 28.7 Å². The van der Waals surface area contributed by atoms with Gasteiger partial charge in [-0.2, -0.15) is 0 Å². The second-order valence-corrected chi connectivity index (χ2v) is 4.75. The maximum atomic E-state index is 9.80. The Labute approximate surface area is 105 Å². The van der Waals surface area contributed by atoms with E-state index in [1.807, 2.05) is 12.1 Å². The van der Waals surface area contributed by atoms with Gasteiger partial charge in [0.15, 0.2) is 0 Å². The first-order valence-corrected chi connectivity index (χ1v) is 6.25. The predicted molar refractivity (Wildman–Crippen MR) is 68.2 cm³/mol. The van der Waals surface area contributed by atoms with E-state index in [9.17, 15) is 5.11 Å². The maximum absolute atomic E-state index is 9.80. The van der Waals surface area contributed by atoms with Crippen LogP contribution in [-0.4, -0.2) is 16.6 Å². The number of para-hydroxylation sites is 1. The van der Waals surface area contributed by atoms with Gasteiger partial charge in [-0.15, -0.1) is 0 Å². The van der Waals surface area contributed by atoms with Crippen molar-refractivity contribution in [1.29, 1.82) is 0 Å². The van der Waals surface area contributed by atoms with Crippen LogP contribution in [0.25, 0.3) is 11.5 Å². The molecule has 0 bridgehead atoms. The van der Waals surface area contributed by atoms with E-state index < -0.39 is 0 Å². The number of aryl methyl sites for hydroxylation is 1. The smallest absolute Gasteiger partial charge is 0.230 e. The molecule has 3 rings (SSSR count). The summed E-state index contributed by atoms with van der Waals surface area (Å²) in [7, 11) is 0. The van der Waals surface area contributed by atoms with Gasteiger partial charge in [0.25, 0.3) is 0 Å². The zero-order valence-electron chi connectivity index (χ0n) is 10.1. The molecule has 2 aromatic rings. The van der Waals surface area contributed by atoms with Gasteiger partial charge in [0.2, 0.25) is 5.89 Å². The summed E-state index contributed by atoms with van der Waals surface area (Å²) in [5, 5.41) is 9.80. The van der Waals surface area contributed by atoms with E-state index in [4.69, 9.17) is 10.2 Å². The first kappa shape index (κ1) is 11.3. The molecule has 1 aliphatic rings. The summed E-state index contributed by atoms with van der Waals surface area (Å²) < 4.78 is 5.75. The van der Waals surface area contributed by atoms with Crippen LogP contribution in [0.4, 0.5) is 0 Å². The Hall–Kier alpha value is -1.81. The number of nitrogens with zero attached hydrogens (tertiary/aromatic N) is 1. The third-order valence-corrected chi connectivity index (χ3v) is 3.51. The van der Waals surface area contributed by atoms with Gasteiger partial charge in [0.1, 0.15) is 11.5 Å². The highest BCUT2D eigenvalue weighted by atomic mass is 16.4. The number of rotatable bonds is 2. The van der Waals surface area contributed by atoms with Gasteiger partial charge >= 0.3 is 0 Å². The highest BCUT2D eigenvalue weighted by Crippen LogP contribution is 2.33. The van der Waals surface area contributed by atoms with E-state index in [0.717, 1.165) is 30.7 Å². The molecule has 1 unspecified atom stereocenters. The monoisotopic (exact) mass is 244 g/mol. The minimum Gasteiger partial charge on any atom is -0.507 e. The van der Waals surface area contributed by atoms with E-state index in [1.165, 1.54) is 0 Å². The van der Waals surface area contributed by atoms with Gasteiger partial charge in [0, 0.05) is 6.42 Å². The Morgan fingerprint density at radius 2 is 2.22 bits per heavy atom. The summed E-state index contributed by atoms with van der Waals surface area (Å²) in [6.07, 6.45) is 2.82. The number of nitrogens with two attached hydrogens (primary N) is 1. The summed E-state index contributed by atoms with van der Waals surface area (Å²) in [5.41, 5.74) is 7.35. The summed E-state index contributed by atoms with van der Waals surface area (Å²) in [6, 6.07) is 7.10. The van der Waals surface area contributed by atoms with E-state index in [0.29, 0.717) is 23.9 Å². The van der Waals surface area contributed by atoms with Crippen LogP contribution >= 0.6 is 0 Å². The summed E-state index contributed by atoms with van der Waals surface area (Å²) in [6.45, 7) is 0.693. The van der Waals surface area contributed by atoms with Crippen molar-refractivity contribution in [2.45, 2.75) is 19.3 Å². The molecule has 1 aliphatic carbocycles. The van der Waals surface area contributed by atoms with E-state index in [-0.39, 0.29) is 5.75 Å². The van der Waals surface area contributed by atoms with Gasteiger partial charge in [0.05, 0.1) is 11.3 Å². The molecule has 0 saturated heterocycles. The SMILES string of the molecule is NCC1CCc2oc(-c3ccccc3O)nc2C1. The maximum Gasteiger partial charge on any atom is 0.230 e. The second-order valence-electron chi connectivity index (χ2n) is 4.75. The molecule has 0 saturated carbocycles. The van der Waals surface area contributed by atoms with Crippen LogP contribution in [0.1, 0.15) is 17.9 Å². The number of fused-ring (bicyclic) bond motifs is 1. The van der Waals surface area contributed by atoms with Crippen LogP contribution in [-0.2, 0) is 12.8 Å². The molecular weight excluding hydrogens is 228 g/mol. The second kappa shape index (κ2) is 4.46. The Bertz CT molecular complexity index is 563. The van der Waals surface area contributed by atoms with Crippen molar-refractivity contribution < 1.29 is 9.52 Å². The predicted octanol–water partition coefficient (Wildman–Crippen LogP) is 2.11. The molecule has 0 fully saturated rings. The molecule has 1 aromatic carbocycles. The average Bonchev–Trinajstić information content (AvgIpc) is 2.81. The molecule has 4 nitrogen and oxygen atoms in total. The lowest BCUT2D eigenvalue weighted by Gasteiger charge is -2.17. The highest BCUT2D eigenvalue weighted by molar-refractivity contribution is 5.62. The quantitative estimate of drug-likeness (QED) is 0.848. The molecule has 4 heteroatoms. The Kier molecular flexibility index (Phi) is 2.80. The highest BCUT2D eigenvalue weighted by Gasteiger charge is 2.24. The van der Waals surface area contributed by atoms with Crippen molar-refractivity contribution in [3.05, 3.63) is 35.7 Å². The van der Waals surface area contributed by atoms with Crippen LogP contribution in [0.5, 0.6) is 5.75 Å². The van der Waals surface area contributed by atoms with Gasteiger partial charge in [-0.05, 0) is 37.4 Å². The minimum absolute atomic E-state index is 0.200. The number of oxazole rings is 1. The van der Waals surface area contributed by atoms with E-state index in [1.54, 1.807) is 12.1 Å². The molecule has 1 aromatic heterocycles. The number of phenolic OH excluding ortho intramolecular Hbond substituents is 1. The number of hydrogen-bond acceptors (Lipinski definition) is 4. The fourth-order valence-corrected chi connectivity index (χ4v) is 2.42. The molecule has 0 aliphatic heterocycles. The van der Waals surface area contributed by atoms with Crippen LogP contribution in [0.3, 0.4) is 0 Å². The minimum atomic E-state index is 0.200. The molecule has 18 heavy (non-hydrogen) atoms. The molecule has 1 atom stereocenters. The number of aromatic nitrogens is 1.